The van der Waals surface area contributed by atoms with Gasteiger partial charge in [0.05, 0.1) is 18.3 Å². The van der Waals surface area contributed by atoms with Crippen LogP contribution in [0.2, 0.25) is 0 Å². The molecule has 1 saturated heterocycles. The Labute approximate surface area is 216 Å². The number of ether oxygens (including phenoxy) is 2. The minimum Gasteiger partial charge on any atom is -0.406 e. The van der Waals surface area contributed by atoms with Gasteiger partial charge in [0.1, 0.15) is 28.8 Å². The molecule has 2 aromatic heterocycles. The average molecular weight is 533 g/mol. The summed E-state index contributed by atoms with van der Waals surface area (Å²) in [5.74, 6) is -0.490. The first-order valence-corrected chi connectivity index (χ1v) is 12.8. The van der Waals surface area contributed by atoms with Crippen LogP contribution in [0.15, 0.2) is 30.6 Å². The van der Waals surface area contributed by atoms with Crippen LogP contribution >= 0.6 is 0 Å². The molecular formula is C26H28F4N6O2. The molecule has 2 aliphatic heterocycles. The van der Waals surface area contributed by atoms with Gasteiger partial charge in [-0.25, -0.2) is 14.4 Å². The number of halogens is 4. The van der Waals surface area contributed by atoms with Gasteiger partial charge in [-0.1, -0.05) is 0 Å². The normalized spacial score (nSPS) is 25.3. The van der Waals surface area contributed by atoms with E-state index in [0.29, 0.717) is 42.8 Å². The quantitative estimate of drug-likeness (QED) is 0.392. The second kappa shape index (κ2) is 9.40. The number of nitrogens with one attached hydrogen (secondary N) is 2. The number of rotatable bonds is 5. The number of hydrogen-bond acceptors (Lipinski definition) is 7. The molecule has 3 unspecified atom stereocenters. The first-order valence-electron chi connectivity index (χ1n) is 12.8. The highest BCUT2D eigenvalue weighted by Gasteiger charge is 2.34. The highest BCUT2D eigenvalue weighted by Crippen LogP contribution is 2.43. The zero-order valence-corrected chi connectivity index (χ0v) is 20.9. The van der Waals surface area contributed by atoms with Gasteiger partial charge in [-0.2, -0.15) is 5.10 Å². The Balaban J connectivity index is 1.35. The summed E-state index contributed by atoms with van der Waals surface area (Å²) in [6.45, 7) is 4.49. The van der Waals surface area contributed by atoms with Gasteiger partial charge in [0.2, 0.25) is 0 Å². The van der Waals surface area contributed by atoms with Crippen molar-refractivity contribution in [3.8, 4) is 17.0 Å². The van der Waals surface area contributed by atoms with E-state index in [9.17, 15) is 13.2 Å². The lowest BCUT2D eigenvalue weighted by Crippen LogP contribution is -2.40. The predicted octanol–water partition coefficient (Wildman–Crippen LogP) is 5.96. The lowest BCUT2D eigenvalue weighted by Gasteiger charge is -2.34. The Hall–Kier alpha value is -3.41. The van der Waals surface area contributed by atoms with Crippen molar-refractivity contribution in [1.29, 1.82) is 0 Å². The van der Waals surface area contributed by atoms with Crippen LogP contribution in [0.4, 0.5) is 29.1 Å². The zero-order valence-electron chi connectivity index (χ0n) is 20.9. The van der Waals surface area contributed by atoms with Gasteiger partial charge in [0.25, 0.3) is 0 Å². The van der Waals surface area contributed by atoms with Gasteiger partial charge >= 0.3 is 6.36 Å². The monoisotopic (exact) mass is 532 g/mol. The van der Waals surface area contributed by atoms with E-state index in [1.54, 1.807) is 0 Å². The number of alkyl halides is 3. The fraction of sp³-hybridized carbons (Fsp3) is 0.500. The van der Waals surface area contributed by atoms with Gasteiger partial charge in [-0.05, 0) is 51.7 Å². The van der Waals surface area contributed by atoms with E-state index in [1.807, 2.05) is 30.9 Å². The lowest BCUT2D eigenvalue weighted by atomic mass is 9.92. The van der Waals surface area contributed by atoms with E-state index in [-0.39, 0.29) is 35.4 Å². The number of aromatic nitrogens is 4. The third-order valence-corrected chi connectivity index (χ3v) is 7.41. The fourth-order valence-corrected chi connectivity index (χ4v) is 5.00. The Morgan fingerprint density at radius 3 is 2.61 bits per heavy atom. The van der Waals surface area contributed by atoms with E-state index >= 15 is 4.39 Å². The van der Waals surface area contributed by atoms with Gasteiger partial charge in [0, 0.05) is 48.0 Å². The molecule has 6 rings (SSSR count). The first-order chi connectivity index (χ1) is 18.1. The van der Waals surface area contributed by atoms with Crippen molar-refractivity contribution in [2.24, 2.45) is 0 Å². The van der Waals surface area contributed by atoms with E-state index in [1.165, 1.54) is 6.07 Å². The van der Waals surface area contributed by atoms with Gasteiger partial charge in [-0.15, -0.1) is 13.2 Å². The number of hydrogen-bond donors (Lipinski definition) is 2. The molecule has 1 aliphatic carbocycles. The van der Waals surface area contributed by atoms with Crippen LogP contribution in [0.1, 0.15) is 69.0 Å². The summed E-state index contributed by atoms with van der Waals surface area (Å²) >= 11 is 0. The average Bonchev–Trinajstić information content (AvgIpc) is 3.60. The maximum Gasteiger partial charge on any atom is 0.573 e. The number of fused-ring (bicyclic) bond motifs is 1. The number of nitrogens with zero attached hydrogens (tertiary/aromatic N) is 4. The maximum absolute atomic E-state index is 15.2. The van der Waals surface area contributed by atoms with Crippen LogP contribution in [-0.4, -0.2) is 44.8 Å². The molecular weight excluding hydrogens is 504 g/mol. The van der Waals surface area contributed by atoms with Crippen molar-refractivity contribution in [2.75, 3.05) is 17.2 Å². The molecule has 0 radical (unpaired) electrons. The third-order valence-electron chi connectivity index (χ3n) is 7.41. The summed E-state index contributed by atoms with van der Waals surface area (Å²) in [4.78, 5) is 9.60. The Kier molecular flexibility index (Phi) is 6.16. The molecule has 4 heterocycles. The predicted molar refractivity (Wildman–Crippen MR) is 131 cm³/mol. The molecule has 0 bridgehead atoms. The van der Waals surface area contributed by atoms with Gasteiger partial charge in [-0.3, -0.25) is 4.68 Å². The second-order valence-corrected chi connectivity index (χ2v) is 10.3. The largest absolute Gasteiger partial charge is 0.573 e. The Morgan fingerprint density at radius 1 is 1.08 bits per heavy atom. The highest BCUT2D eigenvalue weighted by molar-refractivity contribution is 5.84. The molecule has 12 heteroatoms. The van der Waals surface area contributed by atoms with Crippen LogP contribution < -0.4 is 15.4 Å². The van der Waals surface area contributed by atoms with Crippen LogP contribution in [0, 0.1) is 5.82 Å². The van der Waals surface area contributed by atoms with E-state index in [2.05, 4.69) is 20.5 Å². The molecule has 0 amide bonds. The van der Waals surface area contributed by atoms with E-state index in [4.69, 9.17) is 14.7 Å². The zero-order chi connectivity index (χ0) is 26.6. The molecule has 202 valence electrons. The lowest BCUT2D eigenvalue weighted by molar-refractivity contribution is -0.274. The van der Waals surface area contributed by atoms with Crippen molar-refractivity contribution in [1.82, 2.24) is 19.7 Å². The van der Waals surface area contributed by atoms with E-state index in [0.717, 1.165) is 30.5 Å². The Bertz CT molecular complexity index is 1340. The minimum atomic E-state index is -4.92. The topological polar surface area (TPSA) is 86.1 Å². The van der Waals surface area contributed by atoms with Crippen LogP contribution in [0.3, 0.4) is 0 Å². The molecule has 8 nitrogen and oxygen atoms in total. The number of benzene rings is 1. The Morgan fingerprint density at radius 2 is 1.87 bits per heavy atom. The van der Waals surface area contributed by atoms with E-state index < -0.39 is 17.9 Å². The summed E-state index contributed by atoms with van der Waals surface area (Å²) in [6.07, 6.45) is 2.40. The molecule has 1 aromatic carbocycles. The summed E-state index contributed by atoms with van der Waals surface area (Å²) in [7, 11) is 0. The van der Waals surface area contributed by atoms with Crippen molar-refractivity contribution in [2.45, 2.75) is 76.0 Å². The molecule has 4 atom stereocenters. The standard InChI is InChI=1S/C26H28F4N6O2/c1-13-14(2)33-25-23(32-13)22(19-6-5-18(10-20(19)27)38-26(28,29)30)34-24(35-25)15-7-8-37-21(9-15)16-11-31-36(12-16)17-3-4-17/h5-6,10-15,17,21,32H,3-4,7-9H2,1-2H3,(H,33,34,35)/t13?,14?,15?,21-/m1/s1. The SMILES string of the molecule is CC1Nc2nc(C3CCO[C@@H](c4cnn(C5CC5)c4)C3)nc(-c3ccc(OC(F)(F)F)cc3F)c2NC1C. The molecule has 0 spiro atoms. The van der Waals surface area contributed by atoms with Crippen molar-refractivity contribution >= 4 is 11.5 Å². The van der Waals surface area contributed by atoms with Gasteiger partial charge in [0.15, 0.2) is 5.82 Å². The summed E-state index contributed by atoms with van der Waals surface area (Å²) in [5, 5.41) is 11.2. The molecule has 3 aromatic rings. The smallest absolute Gasteiger partial charge is 0.406 e. The molecule has 2 fully saturated rings. The second-order valence-electron chi connectivity index (χ2n) is 10.3. The highest BCUT2D eigenvalue weighted by atomic mass is 19.4. The summed E-state index contributed by atoms with van der Waals surface area (Å²) < 4.78 is 65.1. The molecule has 38 heavy (non-hydrogen) atoms. The molecule has 2 N–H and O–H groups in total. The fourth-order valence-electron chi connectivity index (χ4n) is 5.00. The van der Waals surface area contributed by atoms with Crippen molar-refractivity contribution < 1.29 is 27.0 Å². The van der Waals surface area contributed by atoms with Crippen LogP contribution in [-0.2, 0) is 4.74 Å². The minimum absolute atomic E-state index is 0.0120. The van der Waals surface area contributed by atoms with Gasteiger partial charge < -0.3 is 20.1 Å². The maximum atomic E-state index is 15.2. The third kappa shape index (κ3) is 5.01. The summed E-state index contributed by atoms with van der Waals surface area (Å²) in [6, 6.07) is 3.57. The molecule has 3 aliphatic rings. The number of anilines is 2. The first kappa shape index (κ1) is 24.9. The molecule has 1 saturated carbocycles. The van der Waals surface area contributed by atoms with Crippen molar-refractivity contribution in [3.63, 3.8) is 0 Å². The van der Waals surface area contributed by atoms with Crippen LogP contribution in [0.25, 0.3) is 11.3 Å². The summed E-state index contributed by atoms with van der Waals surface area (Å²) in [5.41, 5.74) is 1.87. The van der Waals surface area contributed by atoms with Crippen LogP contribution in [0.5, 0.6) is 5.75 Å². The van der Waals surface area contributed by atoms with Crippen molar-refractivity contribution in [3.05, 3.63) is 47.8 Å².